The molecular formula is C18H20ClNO2. The van der Waals surface area contributed by atoms with E-state index in [-0.39, 0.29) is 5.91 Å². The summed E-state index contributed by atoms with van der Waals surface area (Å²) in [6.45, 7) is 2.43. The van der Waals surface area contributed by atoms with Gasteiger partial charge in [-0.2, -0.15) is 0 Å². The van der Waals surface area contributed by atoms with Gasteiger partial charge in [-0.1, -0.05) is 41.9 Å². The lowest BCUT2D eigenvalue weighted by Gasteiger charge is -2.09. The van der Waals surface area contributed by atoms with Crippen molar-refractivity contribution in [1.82, 2.24) is 5.32 Å². The summed E-state index contributed by atoms with van der Waals surface area (Å²) >= 11 is 6.09. The number of benzene rings is 2. The number of para-hydroxylation sites is 1. The first-order chi connectivity index (χ1) is 10.6. The number of rotatable bonds is 6. The molecule has 0 aliphatic carbocycles. The summed E-state index contributed by atoms with van der Waals surface area (Å²) in [5.74, 6) is 0.802. The fourth-order valence-electron chi connectivity index (χ4n) is 2.18. The number of hydrogen-bond donors (Lipinski definition) is 1. The van der Waals surface area contributed by atoms with Crippen molar-refractivity contribution < 1.29 is 9.53 Å². The summed E-state index contributed by atoms with van der Waals surface area (Å²) in [6.07, 6.45) is 1.12. The Morgan fingerprint density at radius 2 is 2.00 bits per heavy atom. The lowest BCUT2D eigenvalue weighted by atomic mass is 10.1. The van der Waals surface area contributed by atoms with Crippen molar-refractivity contribution in [3.8, 4) is 5.75 Å². The van der Waals surface area contributed by atoms with Crippen molar-refractivity contribution >= 4 is 17.5 Å². The topological polar surface area (TPSA) is 38.3 Å². The molecule has 0 unspecified atom stereocenters. The monoisotopic (exact) mass is 317 g/mol. The van der Waals surface area contributed by atoms with Crippen molar-refractivity contribution in [3.63, 3.8) is 0 Å². The van der Waals surface area contributed by atoms with E-state index in [2.05, 4.69) is 5.32 Å². The van der Waals surface area contributed by atoms with Crippen LogP contribution in [0.25, 0.3) is 0 Å². The van der Waals surface area contributed by atoms with Crippen LogP contribution in [-0.2, 0) is 17.8 Å². The second-order valence-corrected chi connectivity index (χ2v) is 5.58. The normalized spacial score (nSPS) is 10.3. The van der Waals surface area contributed by atoms with Gasteiger partial charge in [0.05, 0.1) is 7.11 Å². The average molecular weight is 318 g/mol. The summed E-state index contributed by atoms with van der Waals surface area (Å²) in [5.41, 5.74) is 3.09. The number of halogens is 1. The highest BCUT2D eigenvalue weighted by atomic mass is 35.5. The minimum absolute atomic E-state index is 0.0163. The van der Waals surface area contributed by atoms with Gasteiger partial charge in [0.15, 0.2) is 0 Å². The predicted octanol–water partition coefficient (Wildman–Crippen LogP) is 3.91. The van der Waals surface area contributed by atoms with Gasteiger partial charge in [-0.15, -0.1) is 0 Å². The van der Waals surface area contributed by atoms with E-state index < -0.39 is 0 Å². The third-order valence-electron chi connectivity index (χ3n) is 3.55. The Kier molecular flexibility index (Phi) is 5.84. The zero-order valence-electron chi connectivity index (χ0n) is 12.9. The molecule has 0 fully saturated rings. The highest BCUT2D eigenvalue weighted by molar-refractivity contribution is 6.31. The van der Waals surface area contributed by atoms with E-state index in [9.17, 15) is 4.79 Å². The van der Waals surface area contributed by atoms with E-state index in [4.69, 9.17) is 16.3 Å². The fraction of sp³-hybridized carbons (Fsp3) is 0.278. The summed E-state index contributed by atoms with van der Waals surface area (Å²) < 4.78 is 5.27. The molecule has 1 N–H and O–H groups in total. The van der Waals surface area contributed by atoms with E-state index in [1.165, 1.54) is 0 Å². The lowest BCUT2D eigenvalue weighted by molar-refractivity contribution is -0.121. The predicted molar refractivity (Wildman–Crippen MR) is 89.4 cm³/mol. The van der Waals surface area contributed by atoms with Gasteiger partial charge in [-0.05, 0) is 36.6 Å². The van der Waals surface area contributed by atoms with Crippen molar-refractivity contribution in [2.24, 2.45) is 0 Å². The standard InChI is InChI=1S/C18H20ClNO2/c1-13-7-8-14(11-16(13)19)9-10-18(21)20-12-15-5-3-4-6-17(15)22-2/h3-8,11H,9-10,12H2,1-2H3,(H,20,21). The SMILES string of the molecule is COc1ccccc1CNC(=O)CCc1ccc(C)c(Cl)c1. The van der Waals surface area contributed by atoms with Crippen LogP contribution in [0, 0.1) is 6.92 Å². The first-order valence-electron chi connectivity index (χ1n) is 7.24. The van der Waals surface area contributed by atoms with Crippen LogP contribution in [0.5, 0.6) is 5.75 Å². The molecule has 0 aliphatic heterocycles. The van der Waals surface area contributed by atoms with Crippen molar-refractivity contribution in [2.75, 3.05) is 7.11 Å². The third-order valence-corrected chi connectivity index (χ3v) is 3.95. The summed E-state index contributed by atoms with van der Waals surface area (Å²) in [4.78, 5) is 12.0. The van der Waals surface area contributed by atoms with Gasteiger partial charge in [0.2, 0.25) is 5.91 Å². The molecule has 0 bridgehead atoms. The zero-order chi connectivity index (χ0) is 15.9. The van der Waals surface area contributed by atoms with Crippen LogP contribution in [-0.4, -0.2) is 13.0 Å². The quantitative estimate of drug-likeness (QED) is 0.877. The molecule has 4 heteroatoms. The Balaban J connectivity index is 1.84. The number of carbonyl (C=O) groups excluding carboxylic acids is 1. The maximum atomic E-state index is 12.0. The Bertz CT molecular complexity index is 655. The number of aryl methyl sites for hydroxylation is 2. The summed E-state index contributed by atoms with van der Waals surface area (Å²) in [7, 11) is 1.63. The van der Waals surface area contributed by atoms with Gasteiger partial charge in [0, 0.05) is 23.6 Å². The Labute approximate surface area is 136 Å². The second-order valence-electron chi connectivity index (χ2n) is 5.17. The molecule has 0 spiro atoms. The Morgan fingerprint density at radius 3 is 2.73 bits per heavy atom. The highest BCUT2D eigenvalue weighted by Gasteiger charge is 2.06. The summed E-state index contributed by atoms with van der Waals surface area (Å²) in [6, 6.07) is 13.6. The van der Waals surface area contributed by atoms with Crippen LogP contribution in [0.4, 0.5) is 0 Å². The molecule has 116 valence electrons. The van der Waals surface area contributed by atoms with Gasteiger partial charge in [0.1, 0.15) is 5.75 Å². The molecule has 0 aliphatic rings. The smallest absolute Gasteiger partial charge is 0.220 e. The van der Waals surface area contributed by atoms with E-state index >= 15 is 0 Å². The molecular weight excluding hydrogens is 298 g/mol. The number of hydrogen-bond acceptors (Lipinski definition) is 2. The molecule has 0 saturated carbocycles. The van der Waals surface area contributed by atoms with E-state index in [0.717, 1.165) is 27.5 Å². The first kappa shape index (κ1) is 16.4. The molecule has 0 heterocycles. The maximum absolute atomic E-state index is 12.0. The lowest BCUT2D eigenvalue weighted by Crippen LogP contribution is -2.23. The van der Waals surface area contributed by atoms with Crippen LogP contribution in [0.1, 0.15) is 23.1 Å². The van der Waals surface area contributed by atoms with Gasteiger partial charge >= 0.3 is 0 Å². The molecule has 1 amide bonds. The van der Waals surface area contributed by atoms with Crippen molar-refractivity contribution in [1.29, 1.82) is 0 Å². The highest BCUT2D eigenvalue weighted by Crippen LogP contribution is 2.18. The minimum Gasteiger partial charge on any atom is -0.496 e. The van der Waals surface area contributed by atoms with Crippen LogP contribution in [0.2, 0.25) is 5.02 Å². The molecule has 0 saturated heterocycles. The van der Waals surface area contributed by atoms with Gasteiger partial charge < -0.3 is 10.1 Å². The zero-order valence-corrected chi connectivity index (χ0v) is 13.6. The van der Waals surface area contributed by atoms with Crippen LogP contribution >= 0.6 is 11.6 Å². The van der Waals surface area contributed by atoms with Crippen molar-refractivity contribution in [3.05, 3.63) is 64.2 Å². The van der Waals surface area contributed by atoms with E-state index in [1.54, 1.807) is 7.11 Å². The average Bonchev–Trinajstić information content (AvgIpc) is 2.54. The molecule has 0 radical (unpaired) electrons. The number of methoxy groups -OCH3 is 1. The molecule has 0 atom stereocenters. The third kappa shape index (κ3) is 4.50. The largest absolute Gasteiger partial charge is 0.496 e. The molecule has 22 heavy (non-hydrogen) atoms. The van der Waals surface area contributed by atoms with Crippen LogP contribution in [0.15, 0.2) is 42.5 Å². The molecule has 3 nitrogen and oxygen atoms in total. The number of carbonyl (C=O) groups is 1. The van der Waals surface area contributed by atoms with Crippen LogP contribution < -0.4 is 10.1 Å². The van der Waals surface area contributed by atoms with Gasteiger partial charge in [-0.3, -0.25) is 4.79 Å². The van der Waals surface area contributed by atoms with Gasteiger partial charge in [0.25, 0.3) is 0 Å². The van der Waals surface area contributed by atoms with E-state index in [0.29, 0.717) is 19.4 Å². The molecule has 2 aromatic carbocycles. The molecule has 0 aromatic heterocycles. The van der Waals surface area contributed by atoms with E-state index in [1.807, 2.05) is 49.4 Å². The minimum atomic E-state index is 0.0163. The van der Waals surface area contributed by atoms with Gasteiger partial charge in [-0.25, -0.2) is 0 Å². The fourth-order valence-corrected chi connectivity index (χ4v) is 2.38. The number of nitrogens with one attached hydrogen (secondary N) is 1. The number of amides is 1. The molecule has 2 rings (SSSR count). The Morgan fingerprint density at radius 1 is 1.23 bits per heavy atom. The number of ether oxygens (including phenoxy) is 1. The Hall–Kier alpha value is -2.00. The first-order valence-corrected chi connectivity index (χ1v) is 7.61. The van der Waals surface area contributed by atoms with Crippen LogP contribution in [0.3, 0.4) is 0 Å². The maximum Gasteiger partial charge on any atom is 0.220 e. The van der Waals surface area contributed by atoms with Crippen molar-refractivity contribution in [2.45, 2.75) is 26.3 Å². The molecule has 2 aromatic rings. The second kappa shape index (κ2) is 7.85. The summed E-state index contributed by atoms with van der Waals surface area (Å²) in [5, 5.41) is 3.66.